The summed E-state index contributed by atoms with van der Waals surface area (Å²) < 4.78 is 20.6. The van der Waals surface area contributed by atoms with E-state index in [1.54, 1.807) is 36.4 Å². The molecule has 3 aromatic rings. The number of carbonyl (C=O) groups excluding carboxylic acids is 1. The Kier molecular flexibility index (Phi) is 7.53. The zero-order valence-electron chi connectivity index (χ0n) is 18.2. The van der Waals surface area contributed by atoms with Crippen LogP contribution < -0.4 is 10.1 Å². The predicted octanol–water partition coefficient (Wildman–Crippen LogP) is 6.53. The molecule has 1 heterocycles. The van der Waals surface area contributed by atoms with E-state index in [9.17, 15) is 9.18 Å². The van der Waals surface area contributed by atoms with Gasteiger partial charge in [-0.25, -0.2) is 4.39 Å². The summed E-state index contributed by atoms with van der Waals surface area (Å²) in [6, 6.07) is 19.2. The van der Waals surface area contributed by atoms with E-state index in [2.05, 4.69) is 10.2 Å². The second-order valence-corrected chi connectivity index (χ2v) is 8.88. The molecule has 1 amide bonds. The molecule has 172 valence electrons. The third kappa shape index (κ3) is 5.49. The van der Waals surface area contributed by atoms with E-state index in [4.69, 9.17) is 27.9 Å². The summed E-state index contributed by atoms with van der Waals surface area (Å²) in [5, 5.41) is 3.55. The Morgan fingerprint density at radius 3 is 2.70 bits per heavy atom. The fourth-order valence-corrected chi connectivity index (χ4v) is 4.80. The van der Waals surface area contributed by atoms with Crippen LogP contribution in [0.3, 0.4) is 0 Å². The summed E-state index contributed by atoms with van der Waals surface area (Å²) in [6.07, 6.45) is 0.635. The molecule has 0 spiro atoms. The summed E-state index contributed by atoms with van der Waals surface area (Å²) in [7, 11) is 0. The Labute approximate surface area is 203 Å². The van der Waals surface area contributed by atoms with Gasteiger partial charge in [-0.3, -0.25) is 9.69 Å². The lowest BCUT2D eigenvalue weighted by atomic mass is 9.90. The van der Waals surface area contributed by atoms with Crippen LogP contribution in [0.15, 0.2) is 66.7 Å². The maximum atomic E-state index is 14.9. The number of nitrogens with zero attached hydrogens (tertiary/aromatic N) is 1. The first-order valence-corrected chi connectivity index (χ1v) is 11.7. The molecular weight excluding hydrogens is 462 g/mol. The van der Waals surface area contributed by atoms with Crippen LogP contribution in [0.2, 0.25) is 10.0 Å². The smallest absolute Gasteiger partial charge is 0.242 e. The molecule has 0 aliphatic carbocycles. The predicted molar refractivity (Wildman–Crippen MR) is 131 cm³/mol. The standard InChI is InChI=1S/C26H25Cl2FN2O2/c1-2-33-20-9-3-6-17(14-20)16-31-13-12-22(21-10-5-11-23(28)24(21)29)25(31)26(32)30-19-8-4-7-18(27)15-19/h3-11,14-15,22,25H,2,12-13,16H2,1H3,(H,30,32). The minimum Gasteiger partial charge on any atom is -0.494 e. The lowest BCUT2D eigenvalue weighted by Gasteiger charge is -2.28. The zero-order valence-corrected chi connectivity index (χ0v) is 19.7. The third-order valence-corrected chi connectivity index (χ3v) is 6.37. The Hall–Kier alpha value is -2.60. The number of nitrogens with one attached hydrogen (secondary N) is 1. The number of likely N-dealkylation sites (tertiary alicyclic amines) is 1. The second kappa shape index (κ2) is 10.6. The van der Waals surface area contributed by atoms with Crippen LogP contribution in [-0.2, 0) is 11.3 Å². The highest BCUT2D eigenvalue weighted by Gasteiger charge is 2.41. The molecule has 7 heteroatoms. The number of halogens is 3. The monoisotopic (exact) mass is 486 g/mol. The number of hydrogen-bond donors (Lipinski definition) is 1. The third-order valence-electron chi connectivity index (χ3n) is 5.84. The number of ether oxygens (including phenoxy) is 1. The average molecular weight is 487 g/mol. The van der Waals surface area contributed by atoms with E-state index >= 15 is 0 Å². The van der Waals surface area contributed by atoms with E-state index in [0.29, 0.717) is 42.4 Å². The zero-order chi connectivity index (χ0) is 23.4. The van der Waals surface area contributed by atoms with Gasteiger partial charge in [0.15, 0.2) is 0 Å². The van der Waals surface area contributed by atoms with E-state index in [0.717, 1.165) is 11.3 Å². The van der Waals surface area contributed by atoms with Gasteiger partial charge < -0.3 is 10.1 Å². The van der Waals surface area contributed by atoms with E-state index in [1.165, 1.54) is 6.07 Å². The quantitative estimate of drug-likeness (QED) is 0.412. The first kappa shape index (κ1) is 23.6. The first-order chi connectivity index (χ1) is 16.0. The second-order valence-electron chi connectivity index (χ2n) is 8.03. The molecule has 1 fully saturated rings. The number of anilines is 1. The molecule has 2 unspecified atom stereocenters. The van der Waals surface area contributed by atoms with Crippen molar-refractivity contribution in [3.8, 4) is 5.75 Å². The molecular formula is C26H25Cl2FN2O2. The van der Waals surface area contributed by atoms with Crippen LogP contribution in [0.25, 0.3) is 0 Å². The van der Waals surface area contributed by atoms with Gasteiger partial charge in [0.1, 0.15) is 11.6 Å². The molecule has 2 atom stereocenters. The van der Waals surface area contributed by atoms with Gasteiger partial charge >= 0.3 is 0 Å². The Morgan fingerprint density at radius 2 is 1.91 bits per heavy atom. The minimum absolute atomic E-state index is 0.0596. The maximum Gasteiger partial charge on any atom is 0.242 e. The van der Waals surface area contributed by atoms with E-state index < -0.39 is 11.9 Å². The van der Waals surface area contributed by atoms with E-state index in [-0.39, 0.29) is 16.8 Å². The van der Waals surface area contributed by atoms with Crippen LogP contribution in [0.4, 0.5) is 10.1 Å². The number of rotatable bonds is 7. The molecule has 1 N–H and O–H groups in total. The molecule has 0 bridgehead atoms. The lowest BCUT2D eigenvalue weighted by Crippen LogP contribution is -2.42. The SMILES string of the molecule is CCOc1cccc(CN2CCC(c3cccc(Cl)c3F)C2C(=O)Nc2cccc(Cl)c2)c1. The highest BCUT2D eigenvalue weighted by molar-refractivity contribution is 6.31. The van der Waals surface area contributed by atoms with Gasteiger partial charge in [-0.15, -0.1) is 0 Å². The van der Waals surface area contributed by atoms with Crippen molar-refractivity contribution in [2.75, 3.05) is 18.5 Å². The number of carbonyl (C=O) groups is 1. The molecule has 1 saturated heterocycles. The van der Waals surface area contributed by atoms with Crippen molar-refractivity contribution in [3.63, 3.8) is 0 Å². The Balaban J connectivity index is 1.64. The molecule has 1 aliphatic rings. The van der Waals surface area contributed by atoms with Crippen LogP contribution in [-0.4, -0.2) is 30.0 Å². The maximum absolute atomic E-state index is 14.9. The van der Waals surface area contributed by atoms with Gasteiger partial charge in [0.2, 0.25) is 5.91 Å². The highest BCUT2D eigenvalue weighted by Crippen LogP contribution is 2.38. The van der Waals surface area contributed by atoms with Gasteiger partial charge in [-0.05, 0) is 67.4 Å². The summed E-state index contributed by atoms with van der Waals surface area (Å²) in [6.45, 7) is 3.69. The van der Waals surface area contributed by atoms with Gasteiger partial charge in [-0.1, -0.05) is 53.5 Å². The fourth-order valence-electron chi connectivity index (χ4n) is 4.43. The first-order valence-electron chi connectivity index (χ1n) is 10.9. The van der Waals surface area contributed by atoms with E-state index in [1.807, 2.05) is 31.2 Å². The molecule has 1 aliphatic heterocycles. The van der Waals surface area contributed by atoms with Gasteiger partial charge in [0, 0.05) is 23.2 Å². The number of amides is 1. The highest BCUT2D eigenvalue weighted by atomic mass is 35.5. The summed E-state index contributed by atoms with van der Waals surface area (Å²) >= 11 is 12.2. The summed E-state index contributed by atoms with van der Waals surface area (Å²) in [5.41, 5.74) is 2.08. The van der Waals surface area contributed by atoms with Crippen molar-refractivity contribution in [1.29, 1.82) is 0 Å². The van der Waals surface area contributed by atoms with Crippen LogP contribution in [0, 0.1) is 5.82 Å². The van der Waals surface area contributed by atoms with Gasteiger partial charge in [0.25, 0.3) is 0 Å². The fraction of sp³-hybridized carbons (Fsp3) is 0.269. The number of hydrogen-bond acceptors (Lipinski definition) is 3. The average Bonchev–Trinajstić information content (AvgIpc) is 3.19. The molecule has 0 aromatic heterocycles. The summed E-state index contributed by atoms with van der Waals surface area (Å²) in [4.78, 5) is 15.6. The van der Waals surface area contributed by atoms with Crippen LogP contribution in [0.1, 0.15) is 30.4 Å². The van der Waals surface area contributed by atoms with Crippen molar-refractivity contribution in [3.05, 3.63) is 93.7 Å². The molecule has 4 rings (SSSR count). The largest absolute Gasteiger partial charge is 0.494 e. The van der Waals surface area contributed by atoms with Gasteiger partial charge in [-0.2, -0.15) is 0 Å². The lowest BCUT2D eigenvalue weighted by molar-refractivity contribution is -0.120. The molecule has 0 saturated carbocycles. The number of benzene rings is 3. The van der Waals surface area contributed by atoms with Crippen molar-refractivity contribution in [1.82, 2.24) is 4.90 Å². The summed E-state index contributed by atoms with van der Waals surface area (Å²) in [5.74, 6) is -0.227. The normalized spacial score (nSPS) is 18.3. The van der Waals surface area contributed by atoms with Crippen LogP contribution in [0.5, 0.6) is 5.75 Å². The minimum atomic E-state index is -0.576. The van der Waals surface area contributed by atoms with Crippen molar-refractivity contribution < 1.29 is 13.9 Å². The molecule has 3 aromatic carbocycles. The van der Waals surface area contributed by atoms with Crippen molar-refractivity contribution >= 4 is 34.8 Å². The molecule has 0 radical (unpaired) electrons. The van der Waals surface area contributed by atoms with Crippen molar-refractivity contribution in [2.45, 2.75) is 31.8 Å². The topological polar surface area (TPSA) is 41.6 Å². The Morgan fingerprint density at radius 1 is 1.12 bits per heavy atom. The Bertz CT molecular complexity index is 1140. The van der Waals surface area contributed by atoms with Crippen LogP contribution >= 0.6 is 23.2 Å². The van der Waals surface area contributed by atoms with Crippen molar-refractivity contribution in [2.24, 2.45) is 0 Å². The molecule has 33 heavy (non-hydrogen) atoms. The molecule has 4 nitrogen and oxygen atoms in total. The van der Waals surface area contributed by atoms with Gasteiger partial charge in [0.05, 0.1) is 17.7 Å².